The van der Waals surface area contributed by atoms with E-state index in [9.17, 15) is 4.79 Å². The number of aromatic amines is 1. The number of nitrogens with one attached hydrogen (secondary N) is 1. The fourth-order valence-electron chi connectivity index (χ4n) is 2.33. The summed E-state index contributed by atoms with van der Waals surface area (Å²) in [5.41, 5.74) is 3.13. The van der Waals surface area contributed by atoms with Gasteiger partial charge in [-0.25, -0.2) is 0 Å². The van der Waals surface area contributed by atoms with Crippen molar-refractivity contribution in [2.45, 2.75) is 13.0 Å². The van der Waals surface area contributed by atoms with Gasteiger partial charge < -0.3 is 9.88 Å². The molecule has 0 saturated heterocycles. The molecule has 0 fully saturated rings. The molecule has 2 aromatic rings. The van der Waals surface area contributed by atoms with Gasteiger partial charge in [-0.15, -0.1) is 0 Å². The summed E-state index contributed by atoms with van der Waals surface area (Å²) in [5, 5.41) is 0.566. The second-order valence-corrected chi connectivity index (χ2v) is 4.91. The second-order valence-electron chi connectivity index (χ2n) is 4.48. The third-order valence-electron chi connectivity index (χ3n) is 3.30. The lowest BCUT2D eigenvalue weighted by atomic mass is 10.00. The fourth-order valence-corrected chi connectivity index (χ4v) is 2.49. The van der Waals surface area contributed by atoms with Gasteiger partial charge in [0.15, 0.2) is 0 Å². The first-order valence-electron chi connectivity index (χ1n) is 5.94. The van der Waals surface area contributed by atoms with E-state index in [4.69, 9.17) is 11.6 Å². The Morgan fingerprint density at radius 2 is 2.06 bits per heavy atom. The summed E-state index contributed by atoms with van der Waals surface area (Å²) >= 11 is 5.82. The Hall–Kier alpha value is -1.74. The molecular formula is C14H13ClN2O. The van der Waals surface area contributed by atoms with E-state index in [1.165, 1.54) is 11.1 Å². The van der Waals surface area contributed by atoms with Crippen molar-refractivity contribution in [3.63, 3.8) is 0 Å². The van der Waals surface area contributed by atoms with Crippen molar-refractivity contribution in [3.8, 4) is 0 Å². The fraction of sp³-hybridized carbons (Fsp3) is 0.214. The SMILES string of the molecule is O=C(c1cc(Cl)c[nH]1)N1CCc2ccccc2C1. The normalized spacial score (nSPS) is 14.4. The number of fused-ring (bicyclic) bond motifs is 1. The molecule has 3 nitrogen and oxygen atoms in total. The highest BCUT2D eigenvalue weighted by molar-refractivity contribution is 6.30. The molecule has 18 heavy (non-hydrogen) atoms. The summed E-state index contributed by atoms with van der Waals surface area (Å²) in [5.74, 6) is 0.0106. The third kappa shape index (κ3) is 2.02. The number of carbonyl (C=O) groups excluding carboxylic acids is 1. The number of nitrogens with zero attached hydrogens (tertiary/aromatic N) is 1. The van der Waals surface area contributed by atoms with Crippen LogP contribution in [0, 0.1) is 0 Å². The molecule has 1 amide bonds. The molecule has 1 aliphatic heterocycles. The average Bonchev–Trinajstić information content (AvgIpc) is 2.84. The molecule has 0 atom stereocenters. The molecule has 0 saturated carbocycles. The molecular weight excluding hydrogens is 248 g/mol. The predicted octanol–water partition coefficient (Wildman–Crippen LogP) is 2.87. The Morgan fingerprint density at radius 3 is 2.78 bits per heavy atom. The van der Waals surface area contributed by atoms with E-state index >= 15 is 0 Å². The van der Waals surface area contributed by atoms with Crippen molar-refractivity contribution < 1.29 is 4.79 Å². The quantitative estimate of drug-likeness (QED) is 0.841. The van der Waals surface area contributed by atoms with Crippen molar-refractivity contribution in [3.05, 3.63) is 58.4 Å². The van der Waals surface area contributed by atoms with Gasteiger partial charge in [-0.3, -0.25) is 4.79 Å². The van der Waals surface area contributed by atoms with Gasteiger partial charge in [0.05, 0.1) is 5.02 Å². The van der Waals surface area contributed by atoms with Crippen molar-refractivity contribution in [2.75, 3.05) is 6.54 Å². The van der Waals surface area contributed by atoms with Gasteiger partial charge in [0.1, 0.15) is 5.69 Å². The summed E-state index contributed by atoms with van der Waals surface area (Å²) in [6, 6.07) is 9.93. The number of H-pyrrole nitrogens is 1. The van der Waals surface area contributed by atoms with Gasteiger partial charge in [-0.05, 0) is 23.6 Å². The molecule has 0 aliphatic carbocycles. The molecule has 0 bridgehead atoms. The molecule has 1 aromatic heterocycles. The monoisotopic (exact) mass is 260 g/mol. The van der Waals surface area contributed by atoms with Crippen LogP contribution in [0.5, 0.6) is 0 Å². The van der Waals surface area contributed by atoms with E-state index < -0.39 is 0 Å². The molecule has 0 unspecified atom stereocenters. The number of halogens is 1. The Bertz CT molecular complexity index is 591. The van der Waals surface area contributed by atoms with Gasteiger partial charge in [0.25, 0.3) is 5.91 Å². The van der Waals surface area contributed by atoms with Crippen LogP contribution < -0.4 is 0 Å². The Labute approximate surface area is 110 Å². The van der Waals surface area contributed by atoms with E-state index in [0.29, 0.717) is 17.3 Å². The van der Waals surface area contributed by atoms with Crippen molar-refractivity contribution in [1.29, 1.82) is 0 Å². The highest BCUT2D eigenvalue weighted by Crippen LogP contribution is 2.20. The van der Waals surface area contributed by atoms with Crippen molar-refractivity contribution in [2.24, 2.45) is 0 Å². The average molecular weight is 261 g/mol. The van der Waals surface area contributed by atoms with Crippen LogP contribution in [-0.4, -0.2) is 22.3 Å². The summed E-state index contributed by atoms with van der Waals surface area (Å²) in [7, 11) is 0. The minimum Gasteiger partial charge on any atom is -0.356 e. The Morgan fingerprint density at radius 1 is 1.28 bits per heavy atom. The smallest absolute Gasteiger partial charge is 0.270 e. The van der Waals surface area contributed by atoms with Crippen LogP contribution in [0.15, 0.2) is 36.5 Å². The first-order chi connectivity index (χ1) is 8.74. The minimum atomic E-state index is 0.0106. The number of rotatable bonds is 1. The maximum atomic E-state index is 12.3. The zero-order valence-corrected chi connectivity index (χ0v) is 10.6. The minimum absolute atomic E-state index is 0.0106. The van der Waals surface area contributed by atoms with Crippen molar-refractivity contribution in [1.82, 2.24) is 9.88 Å². The number of hydrogen-bond donors (Lipinski definition) is 1. The van der Waals surface area contributed by atoms with Gasteiger partial charge in [-0.2, -0.15) is 0 Å². The van der Waals surface area contributed by atoms with Gasteiger partial charge in [0.2, 0.25) is 0 Å². The maximum Gasteiger partial charge on any atom is 0.270 e. The van der Waals surface area contributed by atoms with Gasteiger partial charge >= 0.3 is 0 Å². The summed E-state index contributed by atoms with van der Waals surface area (Å²) in [6.45, 7) is 1.43. The second kappa shape index (κ2) is 4.50. The molecule has 2 heterocycles. The predicted molar refractivity (Wildman–Crippen MR) is 70.7 cm³/mol. The summed E-state index contributed by atoms with van der Waals surface area (Å²) < 4.78 is 0. The first kappa shape index (κ1) is 11.4. The summed E-state index contributed by atoms with van der Waals surface area (Å²) in [4.78, 5) is 17.0. The number of carbonyl (C=O) groups is 1. The van der Waals surface area contributed by atoms with E-state index in [1.54, 1.807) is 12.3 Å². The maximum absolute atomic E-state index is 12.3. The molecule has 0 radical (unpaired) electrons. The lowest BCUT2D eigenvalue weighted by Crippen LogP contribution is -2.36. The summed E-state index contributed by atoms with van der Waals surface area (Å²) in [6.07, 6.45) is 2.54. The van der Waals surface area contributed by atoms with E-state index in [1.807, 2.05) is 17.0 Å². The van der Waals surface area contributed by atoms with E-state index in [2.05, 4.69) is 17.1 Å². The standard InChI is InChI=1S/C14H13ClN2O/c15-12-7-13(16-8-12)14(18)17-6-5-10-3-1-2-4-11(10)9-17/h1-4,7-8,16H,5-6,9H2. The van der Waals surface area contributed by atoms with E-state index in [0.717, 1.165) is 13.0 Å². The molecule has 92 valence electrons. The van der Waals surface area contributed by atoms with Crippen LogP contribution in [0.1, 0.15) is 21.6 Å². The van der Waals surface area contributed by atoms with Crippen LogP contribution in [0.4, 0.5) is 0 Å². The number of hydrogen-bond acceptors (Lipinski definition) is 1. The molecule has 0 spiro atoms. The van der Waals surface area contributed by atoms with Crippen LogP contribution in [0.3, 0.4) is 0 Å². The largest absolute Gasteiger partial charge is 0.356 e. The number of aromatic nitrogens is 1. The van der Waals surface area contributed by atoms with Crippen LogP contribution in [0.25, 0.3) is 0 Å². The highest BCUT2D eigenvalue weighted by atomic mass is 35.5. The van der Waals surface area contributed by atoms with Crippen LogP contribution >= 0.6 is 11.6 Å². The Balaban J connectivity index is 1.82. The van der Waals surface area contributed by atoms with E-state index in [-0.39, 0.29) is 5.91 Å². The third-order valence-corrected chi connectivity index (χ3v) is 3.51. The number of amides is 1. The first-order valence-corrected chi connectivity index (χ1v) is 6.32. The zero-order chi connectivity index (χ0) is 12.5. The zero-order valence-electron chi connectivity index (χ0n) is 9.82. The van der Waals surface area contributed by atoms with Crippen molar-refractivity contribution >= 4 is 17.5 Å². The van der Waals surface area contributed by atoms with Gasteiger partial charge in [0, 0.05) is 19.3 Å². The van der Waals surface area contributed by atoms with Gasteiger partial charge in [-0.1, -0.05) is 35.9 Å². The molecule has 1 aromatic carbocycles. The topological polar surface area (TPSA) is 36.1 Å². The van der Waals surface area contributed by atoms with Crippen LogP contribution in [0.2, 0.25) is 5.02 Å². The Kier molecular flexibility index (Phi) is 2.84. The lowest BCUT2D eigenvalue weighted by molar-refractivity contribution is 0.0729. The molecule has 3 rings (SSSR count). The molecule has 1 aliphatic rings. The number of benzene rings is 1. The van der Waals surface area contributed by atoms with Crippen LogP contribution in [-0.2, 0) is 13.0 Å². The highest BCUT2D eigenvalue weighted by Gasteiger charge is 2.22. The molecule has 4 heteroatoms. The lowest BCUT2D eigenvalue weighted by Gasteiger charge is -2.28. The molecule has 1 N–H and O–H groups in total.